The normalized spacial score (nSPS) is 10.9. The average molecular weight is 536 g/mol. The number of benzene rings is 2. The number of ketones is 1. The first-order valence-electron chi connectivity index (χ1n) is 8.14. The fraction of sp³-hybridized carbons (Fsp3) is 0. The lowest BCUT2D eigenvalue weighted by atomic mass is 9.93. The van der Waals surface area contributed by atoms with Crippen molar-refractivity contribution in [3.63, 3.8) is 0 Å². The standard InChI is InChI=1S/C21H12Br2O3S2/c22-19-13(24)7-5-11(17(19)15-3-1-9-27-15)21(26)12-6-8-14(25)20(23)18(12)16-4-2-10-28-16/h1-10,24-25H. The molecule has 2 aromatic carbocycles. The summed E-state index contributed by atoms with van der Waals surface area (Å²) in [5.41, 5.74) is 2.26. The van der Waals surface area contributed by atoms with Gasteiger partial charge in [0, 0.05) is 32.0 Å². The maximum absolute atomic E-state index is 13.6. The van der Waals surface area contributed by atoms with E-state index in [1.807, 2.05) is 35.0 Å². The molecule has 0 aliphatic rings. The van der Waals surface area contributed by atoms with Gasteiger partial charge in [-0.2, -0.15) is 0 Å². The molecule has 0 amide bonds. The minimum absolute atomic E-state index is 0.0744. The molecule has 0 atom stereocenters. The summed E-state index contributed by atoms with van der Waals surface area (Å²) >= 11 is 9.85. The Labute approximate surface area is 186 Å². The van der Waals surface area contributed by atoms with Crippen molar-refractivity contribution in [2.24, 2.45) is 0 Å². The summed E-state index contributed by atoms with van der Waals surface area (Å²) in [6, 6.07) is 13.9. The lowest BCUT2D eigenvalue weighted by Gasteiger charge is -2.15. The molecule has 140 valence electrons. The Morgan fingerprint density at radius 2 is 1.14 bits per heavy atom. The lowest BCUT2D eigenvalue weighted by molar-refractivity contribution is 0.104. The Morgan fingerprint density at radius 1 is 0.714 bits per heavy atom. The number of hydrogen-bond acceptors (Lipinski definition) is 5. The fourth-order valence-electron chi connectivity index (χ4n) is 2.98. The van der Waals surface area contributed by atoms with Crippen molar-refractivity contribution in [3.8, 4) is 32.4 Å². The molecule has 0 aliphatic heterocycles. The van der Waals surface area contributed by atoms with Gasteiger partial charge in [-0.15, -0.1) is 22.7 Å². The monoisotopic (exact) mass is 534 g/mol. The van der Waals surface area contributed by atoms with E-state index in [1.165, 1.54) is 34.8 Å². The molecule has 0 saturated carbocycles. The predicted octanol–water partition coefficient (Wildman–Crippen LogP) is 7.31. The molecular weight excluding hydrogens is 524 g/mol. The van der Waals surface area contributed by atoms with Crippen LogP contribution in [0.2, 0.25) is 0 Å². The molecule has 7 heteroatoms. The van der Waals surface area contributed by atoms with Crippen molar-refractivity contribution in [2.45, 2.75) is 0 Å². The molecule has 2 heterocycles. The van der Waals surface area contributed by atoms with Crippen LogP contribution < -0.4 is 0 Å². The number of carbonyl (C=O) groups is 1. The highest BCUT2D eigenvalue weighted by atomic mass is 79.9. The highest BCUT2D eigenvalue weighted by Crippen LogP contribution is 2.44. The third-order valence-electron chi connectivity index (χ3n) is 4.27. The topological polar surface area (TPSA) is 57.5 Å². The van der Waals surface area contributed by atoms with Crippen molar-refractivity contribution < 1.29 is 15.0 Å². The molecule has 3 nitrogen and oxygen atoms in total. The number of thiophene rings is 2. The summed E-state index contributed by atoms with van der Waals surface area (Å²) in [4.78, 5) is 15.4. The van der Waals surface area contributed by atoms with Gasteiger partial charge in [-0.25, -0.2) is 0 Å². The van der Waals surface area contributed by atoms with Crippen molar-refractivity contribution in [3.05, 3.63) is 79.4 Å². The number of carbonyl (C=O) groups excluding carboxylic acids is 1. The first-order valence-corrected chi connectivity index (χ1v) is 11.5. The Bertz CT molecular complexity index is 1080. The molecule has 28 heavy (non-hydrogen) atoms. The van der Waals surface area contributed by atoms with Crippen LogP contribution in [0.1, 0.15) is 15.9 Å². The van der Waals surface area contributed by atoms with E-state index >= 15 is 0 Å². The van der Waals surface area contributed by atoms with Crippen LogP contribution in [0, 0.1) is 0 Å². The number of hydrogen-bond donors (Lipinski definition) is 2. The highest BCUT2D eigenvalue weighted by molar-refractivity contribution is 9.11. The second kappa shape index (κ2) is 7.83. The highest BCUT2D eigenvalue weighted by Gasteiger charge is 2.24. The van der Waals surface area contributed by atoms with Gasteiger partial charge >= 0.3 is 0 Å². The summed E-state index contributed by atoms with van der Waals surface area (Å²) in [7, 11) is 0. The second-order valence-electron chi connectivity index (χ2n) is 5.93. The molecule has 0 radical (unpaired) electrons. The Balaban J connectivity index is 1.96. The molecule has 4 aromatic rings. The van der Waals surface area contributed by atoms with Gasteiger partial charge in [-0.05, 0) is 79.0 Å². The molecule has 0 unspecified atom stereocenters. The van der Waals surface area contributed by atoms with Crippen LogP contribution in [0.25, 0.3) is 20.9 Å². The number of halogens is 2. The van der Waals surface area contributed by atoms with E-state index in [-0.39, 0.29) is 17.3 Å². The van der Waals surface area contributed by atoms with Gasteiger partial charge < -0.3 is 10.2 Å². The zero-order valence-electron chi connectivity index (χ0n) is 14.1. The van der Waals surface area contributed by atoms with Gasteiger partial charge in [-0.1, -0.05) is 12.1 Å². The Kier molecular flexibility index (Phi) is 5.42. The van der Waals surface area contributed by atoms with Gasteiger partial charge in [0.1, 0.15) is 11.5 Å². The largest absolute Gasteiger partial charge is 0.507 e. The van der Waals surface area contributed by atoms with E-state index < -0.39 is 0 Å². The minimum atomic E-state index is -0.187. The molecule has 2 aromatic heterocycles. The van der Waals surface area contributed by atoms with Gasteiger partial charge in [0.2, 0.25) is 0 Å². The van der Waals surface area contributed by atoms with Crippen LogP contribution in [0.15, 0.2) is 68.2 Å². The molecule has 0 bridgehead atoms. The molecule has 0 spiro atoms. The number of rotatable bonds is 4. The summed E-state index contributed by atoms with van der Waals surface area (Å²) < 4.78 is 0.965. The number of aromatic hydroxyl groups is 2. The molecular formula is C21H12Br2O3S2. The molecule has 0 fully saturated rings. The summed E-state index contributed by atoms with van der Waals surface area (Å²) in [6.07, 6.45) is 0. The van der Waals surface area contributed by atoms with E-state index in [0.717, 1.165) is 9.75 Å². The van der Waals surface area contributed by atoms with Crippen LogP contribution in [0.3, 0.4) is 0 Å². The molecule has 0 saturated heterocycles. The van der Waals surface area contributed by atoms with E-state index in [9.17, 15) is 15.0 Å². The Morgan fingerprint density at radius 3 is 1.50 bits per heavy atom. The number of phenolic OH excluding ortho intramolecular Hbond substituents is 2. The van der Waals surface area contributed by atoms with Crippen LogP contribution in [-0.4, -0.2) is 16.0 Å². The van der Waals surface area contributed by atoms with Crippen molar-refractivity contribution in [2.75, 3.05) is 0 Å². The zero-order valence-corrected chi connectivity index (χ0v) is 19.0. The third-order valence-corrected chi connectivity index (χ3v) is 7.65. The summed E-state index contributed by atoms with van der Waals surface area (Å²) in [5, 5.41) is 24.2. The predicted molar refractivity (Wildman–Crippen MR) is 122 cm³/mol. The molecule has 4 rings (SSSR count). The van der Waals surface area contributed by atoms with E-state index in [4.69, 9.17) is 0 Å². The maximum atomic E-state index is 13.6. The lowest BCUT2D eigenvalue weighted by Crippen LogP contribution is -2.06. The first-order chi connectivity index (χ1) is 13.5. The smallest absolute Gasteiger partial charge is 0.194 e. The van der Waals surface area contributed by atoms with Crippen LogP contribution in [0.5, 0.6) is 11.5 Å². The SMILES string of the molecule is O=C(c1ccc(O)c(Br)c1-c1cccs1)c1ccc(O)c(Br)c1-c1cccs1. The van der Waals surface area contributed by atoms with E-state index in [1.54, 1.807) is 12.1 Å². The Hall–Kier alpha value is -1.93. The van der Waals surface area contributed by atoms with Gasteiger partial charge in [-0.3, -0.25) is 4.79 Å². The van der Waals surface area contributed by atoms with Crippen molar-refractivity contribution in [1.82, 2.24) is 0 Å². The maximum Gasteiger partial charge on any atom is 0.194 e. The van der Waals surface area contributed by atoms with Gasteiger partial charge in [0.25, 0.3) is 0 Å². The third kappa shape index (κ3) is 3.33. The number of phenols is 2. The van der Waals surface area contributed by atoms with Crippen LogP contribution in [0.4, 0.5) is 0 Å². The minimum Gasteiger partial charge on any atom is -0.507 e. The molecule has 0 aliphatic carbocycles. The molecule has 2 N–H and O–H groups in total. The summed E-state index contributed by atoms with van der Waals surface area (Å²) in [6.45, 7) is 0. The first kappa shape index (κ1) is 19.4. The summed E-state index contributed by atoms with van der Waals surface area (Å²) in [5.74, 6) is -0.0381. The zero-order chi connectivity index (χ0) is 19.8. The van der Waals surface area contributed by atoms with Crippen molar-refractivity contribution >= 4 is 60.3 Å². The van der Waals surface area contributed by atoms with Gasteiger partial charge in [0.05, 0.1) is 8.95 Å². The van der Waals surface area contributed by atoms with Gasteiger partial charge in [0.15, 0.2) is 5.78 Å². The fourth-order valence-corrected chi connectivity index (χ4v) is 5.94. The van der Waals surface area contributed by atoms with Crippen LogP contribution in [-0.2, 0) is 0 Å². The second-order valence-corrected chi connectivity index (χ2v) is 9.41. The average Bonchev–Trinajstić information content (AvgIpc) is 3.39. The quantitative estimate of drug-likeness (QED) is 0.269. The van der Waals surface area contributed by atoms with Crippen molar-refractivity contribution in [1.29, 1.82) is 0 Å². The van der Waals surface area contributed by atoms with E-state index in [2.05, 4.69) is 31.9 Å². The van der Waals surface area contributed by atoms with E-state index in [0.29, 0.717) is 31.2 Å². The van der Waals surface area contributed by atoms with Crippen LogP contribution >= 0.6 is 54.5 Å².